The molecule has 1 fully saturated rings. The molecule has 0 saturated carbocycles. The molecule has 0 radical (unpaired) electrons. The Bertz CT molecular complexity index is 732. The van der Waals surface area contributed by atoms with Gasteiger partial charge in [0.25, 0.3) is 0 Å². The fraction of sp³-hybridized carbons (Fsp3) is 0.450. The molecule has 25 heavy (non-hydrogen) atoms. The summed E-state index contributed by atoms with van der Waals surface area (Å²) in [5.41, 5.74) is 2.45. The first-order valence-corrected chi connectivity index (χ1v) is 8.90. The molecule has 132 valence electrons. The molecule has 1 aliphatic heterocycles. The fourth-order valence-electron chi connectivity index (χ4n) is 3.21. The number of ether oxygens (including phenoxy) is 1. The standard InChI is InChI=1S/C20H25N3O2/c1-15-5-3-6-17(13-15)8-9-20(24)23-12-4-7-18(14-23)25-19-10-11-21-16(2)22-19/h3,5-6,10-11,13,18H,4,7-9,12,14H2,1-2H3/t18-/m0/s1. The highest BCUT2D eigenvalue weighted by Crippen LogP contribution is 2.18. The Balaban J connectivity index is 1.52. The van der Waals surface area contributed by atoms with Crippen molar-refractivity contribution in [3.63, 3.8) is 0 Å². The van der Waals surface area contributed by atoms with Crippen molar-refractivity contribution in [2.75, 3.05) is 13.1 Å². The number of nitrogens with zero attached hydrogens (tertiary/aromatic N) is 3. The second-order valence-electron chi connectivity index (χ2n) is 6.65. The molecular weight excluding hydrogens is 314 g/mol. The molecule has 1 saturated heterocycles. The van der Waals surface area contributed by atoms with Crippen LogP contribution in [0.15, 0.2) is 36.5 Å². The molecule has 0 bridgehead atoms. The van der Waals surface area contributed by atoms with Gasteiger partial charge in [-0.3, -0.25) is 4.79 Å². The Labute approximate surface area is 149 Å². The third-order valence-electron chi connectivity index (χ3n) is 4.48. The summed E-state index contributed by atoms with van der Waals surface area (Å²) in [6.07, 6.45) is 4.95. The highest BCUT2D eigenvalue weighted by molar-refractivity contribution is 5.76. The summed E-state index contributed by atoms with van der Waals surface area (Å²) in [4.78, 5) is 22.8. The molecule has 0 aliphatic carbocycles. The predicted molar refractivity (Wildman–Crippen MR) is 96.5 cm³/mol. The number of benzene rings is 1. The second-order valence-corrected chi connectivity index (χ2v) is 6.65. The number of likely N-dealkylation sites (tertiary alicyclic amines) is 1. The maximum absolute atomic E-state index is 12.6. The monoisotopic (exact) mass is 339 g/mol. The van der Waals surface area contributed by atoms with Gasteiger partial charge in [0.1, 0.15) is 11.9 Å². The van der Waals surface area contributed by atoms with Crippen LogP contribution >= 0.6 is 0 Å². The zero-order valence-corrected chi connectivity index (χ0v) is 14.9. The molecule has 1 aromatic heterocycles. The molecule has 1 atom stereocenters. The lowest BCUT2D eigenvalue weighted by atomic mass is 10.0. The average Bonchev–Trinajstić information content (AvgIpc) is 2.60. The number of hydrogen-bond acceptors (Lipinski definition) is 4. The van der Waals surface area contributed by atoms with Crippen LogP contribution in [0.4, 0.5) is 0 Å². The van der Waals surface area contributed by atoms with Crippen molar-refractivity contribution in [1.82, 2.24) is 14.9 Å². The van der Waals surface area contributed by atoms with Crippen molar-refractivity contribution in [3.05, 3.63) is 53.5 Å². The van der Waals surface area contributed by atoms with Crippen molar-refractivity contribution in [2.24, 2.45) is 0 Å². The number of carbonyl (C=O) groups is 1. The van der Waals surface area contributed by atoms with Crippen LogP contribution in [-0.4, -0.2) is 40.0 Å². The average molecular weight is 339 g/mol. The van der Waals surface area contributed by atoms with Gasteiger partial charge < -0.3 is 9.64 Å². The minimum atomic E-state index is 0.00553. The van der Waals surface area contributed by atoms with Gasteiger partial charge >= 0.3 is 0 Å². The van der Waals surface area contributed by atoms with Gasteiger partial charge in [0.05, 0.1) is 6.54 Å². The van der Waals surface area contributed by atoms with Gasteiger partial charge in [0, 0.05) is 25.2 Å². The molecule has 1 aliphatic rings. The number of aromatic nitrogens is 2. The molecule has 5 nitrogen and oxygen atoms in total. The molecule has 0 spiro atoms. The third kappa shape index (κ3) is 5.02. The summed E-state index contributed by atoms with van der Waals surface area (Å²) in [6.45, 7) is 5.37. The van der Waals surface area contributed by atoms with Crippen molar-refractivity contribution >= 4 is 5.91 Å². The van der Waals surface area contributed by atoms with Crippen molar-refractivity contribution in [3.8, 4) is 5.88 Å². The van der Waals surface area contributed by atoms with E-state index in [1.54, 1.807) is 12.3 Å². The predicted octanol–water partition coefficient (Wildman–Crippen LogP) is 3.10. The summed E-state index contributed by atoms with van der Waals surface area (Å²) >= 11 is 0. The van der Waals surface area contributed by atoms with Crippen LogP contribution in [0.1, 0.15) is 36.2 Å². The largest absolute Gasteiger partial charge is 0.472 e. The molecular formula is C20H25N3O2. The Hall–Kier alpha value is -2.43. The Kier molecular flexibility index (Phi) is 5.64. The van der Waals surface area contributed by atoms with Crippen LogP contribution in [-0.2, 0) is 11.2 Å². The van der Waals surface area contributed by atoms with E-state index in [9.17, 15) is 4.79 Å². The number of rotatable bonds is 5. The smallest absolute Gasteiger partial charge is 0.223 e. The first-order valence-electron chi connectivity index (χ1n) is 8.90. The van der Waals surface area contributed by atoms with E-state index in [2.05, 4.69) is 35.1 Å². The first kappa shape index (κ1) is 17.4. The van der Waals surface area contributed by atoms with E-state index in [1.165, 1.54) is 11.1 Å². The van der Waals surface area contributed by atoms with Crippen LogP contribution in [0.25, 0.3) is 0 Å². The molecule has 2 heterocycles. The zero-order valence-electron chi connectivity index (χ0n) is 14.9. The highest BCUT2D eigenvalue weighted by Gasteiger charge is 2.25. The van der Waals surface area contributed by atoms with E-state index in [0.29, 0.717) is 24.7 Å². The fourth-order valence-corrected chi connectivity index (χ4v) is 3.21. The minimum absolute atomic E-state index is 0.00553. The summed E-state index contributed by atoms with van der Waals surface area (Å²) in [5.74, 6) is 1.49. The number of carbonyl (C=O) groups excluding carboxylic acids is 1. The summed E-state index contributed by atoms with van der Waals surface area (Å²) in [5, 5.41) is 0. The van der Waals surface area contributed by atoms with Gasteiger partial charge in [-0.05, 0) is 38.7 Å². The Morgan fingerprint density at radius 3 is 3.00 bits per heavy atom. The van der Waals surface area contributed by atoms with E-state index in [1.807, 2.05) is 17.9 Å². The third-order valence-corrected chi connectivity index (χ3v) is 4.48. The van der Waals surface area contributed by atoms with E-state index in [4.69, 9.17) is 4.74 Å². The van der Waals surface area contributed by atoms with Crippen LogP contribution in [0.2, 0.25) is 0 Å². The minimum Gasteiger partial charge on any atom is -0.472 e. The van der Waals surface area contributed by atoms with Gasteiger partial charge in [-0.1, -0.05) is 29.8 Å². The maximum Gasteiger partial charge on any atom is 0.223 e. The lowest BCUT2D eigenvalue weighted by molar-refractivity contribution is -0.133. The number of amides is 1. The zero-order chi connectivity index (χ0) is 17.6. The molecule has 3 rings (SSSR count). The Morgan fingerprint density at radius 2 is 2.20 bits per heavy atom. The molecule has 0 N–H and O–H groups in total. The normalized spacial score (nSPS) is 17.4. The van der Waals surface area contributed by atoms with E-state index in [-0.39, 0.29) is 12.0 Å². The van der Waals surface area contributed by atoms with Gasteiger partial charge in [-0.2, -0.15) is 4.98 Å². The highest BCUT2D eigenvalue weighted by atomic mass is 16.5. The van der Waals surface area contributed by atoms with Gasteiger partial charge in [-0.15, -0.1) is 0 Å². The van der Waals surface area contributed by atoms with Crippen molar-refractivity contribution < 1.29 is 9.53 Å². The summed E-state index contributed by atoms with van der Waals surface area (Å²) in [6, 6.07) is 10.1. The number of aryl methyl sites for hydroxylation is 3. The van der Waals surface area contributed by atoms with Crippen LogP contribution in [0.3, 0.4) is 0 Å². The van der Waals surface area contributed by atoms with E-state index < -0.39 is 0 Å². The first-order chi connectivity index (χ1) is 12.1. The lowest BCUT2D eigenvalue weighted by Gasteiger charge is -2.32. The van der Waals surface area contributed by atoms with Crippen LogP contribution in [0.5, 0.6) is 5.88 Å². The van der Waals surface area contributed by atoms with Crippen LogP contribution in [0, 0.1) is 13.8 Å². The number of piperidine rings is 1. The topological polar surface area (TPSA) is 55.3 Å². The van der Waals surface area contributed by atoms with Gasteiger partial charge in [0.2, 0.25) is 11.8 Å². The Morgan fingerprint density at radius 1 is 1.32 bits per heavy atom. The van der Waals surface area contributed by atoms with E-state index in [0.717, 1.165) is 25.8 Å². The van der Waals surface area contributed by atoms with Crippen LogP contribution < -0.4 is 4.74 Å². The van der Waals surface area contributed by atoms with E-state index >= 15 is 0 Å². The number of hydrogen-bond donors (Lipinski definition) is 0. The van der Waals surface area contributed by atoms with Crippen molar-refractivity contribution in [2.45, 2.75) is 45.6 Å². The summed E-state index contributed by atoms with van der Waals surface area (Å²) < 4.78 is 5.95. The van der Waals surface area contributed by atoms with Gasteiger partial charge in [0.15, 0.2) is 0 Å². The molecule has 5 heteroatoms. The molecule has 0 unspecified atom stereocenters. The SMILES string of the molecule is Cc1cccc(CCC(=O)N2CCC[C@H](Oc3ccnc(C)n3)C2)c1. The summed E-state index contributed by atoms with van der Waals surface area (Å²) in [7, 11) is 0. The van der Waals surface area contributed by atoms with Gasteiger partial charge in [-0.25, -0.2) is 4.98 Å². The molecule has 2 aromatic rings. The molecule has 1 amide bonds. The molecule has 1 aromatic carbocycles. The maximum atomic E-state index is 12.6. The quantitative estimate of drug-likeness (QED) is 0.840. The van der Waals surface area contributed by atoms with Crippen molar-refractivity contribution in [1.29, 1.82) is 0 Å². The second kappa shape index (κ2) is 8.10. The lowest BCUT2D eigenvalue weighted by Crippen LogP contribution is -2.44.